The average molecular weight is 332 g/mol. The Bertz CT molecular complexity index is 839. The number of aromatic nitrogens is 1. The van der Waals surface area contributed by atoms with E-state index >= 15 is 0 Å². The zero-order chi connectivity index (χ0) is 17.1. The highest BCUT2D eigenvalue weighted by atomic mass is 16.5. The Kier molecular flexibility index (Phi) is 4.66. The van der Waals surface area contributed by atoms with E-state index in [0.29, 0.717) is 6.10 Å². The first-order chi connectivity index (χ1) is 12.3. The van der Waals surface area contributed by atoms with Gasteiger partial charge in [-0.2, -0.15) is 0 Å². The van der Waals surface area contributed by atoms with Gasteiger partial charge in [-0.25, -0.2) is 0 Å². The van der Waals surface area contributed by atoms with Crippen LogP contribution in [0.3, 0.4) is 0 Å². The second-order valence-corrected chi connectivity index (χ2v) is 6.92. The van der Waals surface area contributed by atoms with Gasteiger partial charge in [-0.15, -0.1) is 0 Å². The van der Waals surface area contributed by atoms with Crippen LogP contribution in [-0.2, 0) is 6.54 Å². The molecule has 0 atom stereocenters. The molecule has 3 heteroatoms. The largest absolute Gasteiger partial charge is 0.490 e. The van der Waals surface area contributed by atoms with Gasteiger partial charge in [0.2, 0.25) is 0 Å². The number of benzene rings is 2. The van der Waals surface area contributed by atoms with Gasteiger partial charge in [-0.1, -0.05) is 30.3 Å². The van der Waals surface area contributed by atoms with Gasteiger partial charge < -0.3 is 4.74 Å². The van der Waals surface area contributed by atoms with Crippen LogP contribution in [0.2, 0.25) is 0 Å². The number of likely N-dealkylation sites (tertiary alicyclic amines) is 1. The molecule has 2 heterocycles. The molecular weight excluding hydrogens is 308 g/mol. The van der Waals surface area contributed by atoms with Gasteiger partial charge in [0.25, 0.3) is 0 Å². The van der Waals surface area contributed by atoms with Crippen molar-refractivity contribution in [1.82, 2.24) is 9.88 Å². The standard InChI is InChI=1S/C22H24N2O/c1-17-13-20-15-23-10-7-19(20)14-22(17)25-21-8-11-24(12-9-21)16-18-5-3-2-4-6-18/h2-7,10,13-15,21H,8-9,11-12,16H2,1H3. The summed E-state index contributed by atoms with van der Waals surface area (Å²) in [6, 6.07) is 17.1. The first-order valence-corrected chi connectivity index (χ1v) is 9.05. The summed E-state index contributed by atoms with van der Waals surface area (Å²) in [6.07, 6.45) is 6.23. The van der Waals surface area contributed by atoms with E-state index in [-0.39, 0.29) is 0 Å². The third-order valence-electron chi connectivity index (χ3n) is 5.01. The van der Waals surface area contributed by atoms with Gasteiger partial charge in [0.05, 0.1) is 0 Å². The molecule has 0 spiro atoms. The number of pyridine rings is 1. The van der Waals surface area contributed by atoms with Crippen molar-refractivity contribution in [3.63, 3.8) is 0 Å². The lowest BCUT2D eigenvalue weighted by atomic mass is 10.1. The molecule has 4 rings (SSSR count). The average Bonchev–Trinajstić information content (AvgIpc) is 2.65. The van der Waals surface area contributed by atoms with Crippen LogP contribution < -0.4 is 4.74 Å². The van der Waals surface area contributed by atoms with E-state index in [0.717, 1.165) is 38.2 Å². The summed E-state index contributed by atoms with van der Waals surface area (Å²) in [5.41, 5.74) is 2.58. The molecule has 0 unspecified atom stereocenters. The lowest BCUT2D eigenvalue weighted by Crippen LogP contribution is -2.37. The van der Waals surface area contributed by atoms with Gasteiger partial charge in [-0.3, -0.25) is 9.88 Å². The molecule has 25 heavy (non-hydrogen) atoms. The van der Waals surface area contributed by atoms with Gasteiger partial charge >= 0.3 is 0 Å². The monoisotopic (exact) mass is 332 g/mol. The number of ether oxygens (including phenoxy) is 1. The summed E-state index contributed by atoms with van der Waals surface area (Å²) in [5.74, 6) is 1.01. The molecule has 0 N–H and O–H groups in total. The molecule has 1 saturated heterocycles. The van der Waals surface area contributed by atoms with E-state index in [4.69, 9.17) is 4.74 Å². The van der Waals surface area contributed by atoms with Crippen LogP contribution >= 0.6 is 0 Å². The number of nitrogens with zero attached hydrogens (tertiary/aromatic N) is 2. The fourth-order valence-corrected chi connectivity index (χ4v) is 3.56. The molecule has 1 fully saturated rings. The van der Waals surface area contributed by atoms with Crippen LogP contribution in [0.25, 0.3) is 10.8 Å². The second-order valence-electron chi connectivity index (χ2n) is 6.92. The lowest BCUT2D eigenvalue weighted by Gasteiger charge is -2.32. The summed E-state index contributed by atoms with van der Waals surface area (Å²) in [6.45, 7) is 5.34. The molecule has 1 aliphatic heterocycles. The minimum Gasteiger partial charge on any atom is -0.490 e. The molecule has 2 aromatic carbocycles. The van der Waals surface area contributed by atoms with Crippen molar-refractivity contribution >= 4 is 10.8 Å². The van der Waals surface area contributed by atoms with Crippen LogP contribution in [0, 0.1) is 6.92 Å². The van der Waals surface area contributed by atoms with E-state index < -0.39 is 0 Å². The zero-order valence-electron chi connectivity index (χ0n) is 14.7. The molecule has 0 aliphatic carbocycles. The minimum atomic E-state index is 0.310. The van der Waals surface area contributed by atoms with Crippen LogP contribution in [-0.4, -0.2) is 29.1 Å². The molecule has 1 aliphatic rings. The number of piperidine rings is 1. The molecular formula is C22H24N2O. The Hall–Kier alpha value is -2.39. The first kappa shape index (κ1) is 16.1. The Balaban J connectivity index is 1.38. The summed E-state index contributed by atoms with van der Waals surface area (Å²) in [5, 5.41) is 2.36. The summed E-state index contributed by atoms with van der Waals surface area (Å²) in [4.78, 5) is 6.72. The van der Waals surface area contributed by atoms with Crippen molar-refractivity contribution in [3.05, 3.63) is 72.1 Å². The Morgan fingerprint density at radius 2 is 1.84 bits per heavy atom. The third kappa shape index (κ3) is 3.83. The number of rotatable bonds is 4. The molecule has 0 radical (unpaired) electrons. The molecule has 3 aromatic rings. The van der Waals surface area contributed by atoms with Crippen molar-refractivity contribution in [2.45, 2.75) is 32.4 Å². The quantitative estimate of drug-likeness (QED) is 0.699. The fourth-order valence-electron chi connectivity index (χ4n) is 3.56. The smallest absolute Gasteiger partial charge is 0.123 e. The van der Waals surface area contributed by atoms with Crippen molar-refractivity contribution in [1.29, 1.82) is 0 Å². The maximum Gasteiger partial charge on any atom is 0.123 e. The molecule has 3 nitrogen and oxygen atoms in total. The van der Waals surface area contributed by atoms with Crippen LogP contribution in [0.15, 0.2) is 60.9 Å². The van der Waals surface area contributed by atoms with Crippen molar-refractivity contribution in [2.75, 3.05) is 13.1 Å². The highest BCUT2D eigenvalue weighted by molar-refractivity contribution is 5.84. The van der Waals surface area contributed by atoms with Crippen molar-refractivity contribution in [3.8, 4) is 5.75 Å². The van der Waals surface area contributed by atoms with Crippen LogP contribution in [0.1, 0.15) is 24.0 Å². The second kappa shape index (κ2) is 7.24. The van der Waals surface area contributed by atoms with E-state index in [1.165, 1.54) is 21.9 Å². The van der Waals surface area contributed by atoms with Crippen LogP contribution in [0.5, 0.6) is 5.75 Å². The molecule has 0 saturated carbocycles. The number of hydrogen-bond donors (Lipinski definition) is 0. The maximum absolute atomic E-state index is 6.35. The predicted molar refractivity (Wildman–Crippen MR) is 102 cm³/mol. The summed E-state index contributed by atoms with van der Waals surface area (Å²) >= 11 is 0. The van der Waals surface area contributed by atoms with Gasteiger partial charge in [0, 0.05) is 37.4 Å². The highest BCUT2D eigenvalue weighted by Gasteiger charge is 2.21. The maximum atomic E-state index is 6.35. The van der Waals surface area contributed by atoms with Gasteiger partial charge in [0.15, 0.2) is 0 Å². The van der Waals surface area contributed by atoms with E-state index in [9.17, 15) is 0 Å². The molecule has 128 valence electrons. The summed E-state index contributed by atoms with van der Waals surface area (Å²) in [7, 11) is 0. The minimum absolute atomic E-state index is 0.310. The lowest BCUT2D eigenvalue weighted by molar-refractivity contribution is 0.0964. The third-order valence-corrected chi connectivity index (χ3v) is 5.01. The van der Waals surface area contributed by atoms with Gasteiger partial charge in [0.1, 0.15) is 11.9 Å². The van der Waals surface area contributed by atoms with E-state index in [1.807, 2.05) is 18.5 Å². The van der Waals surface area contributed by atoms with Crippen molar-refractivity contribution < 1.29 is 4.74 Å². The molecule has 0 bridgehead atoms. The van der Waals surface area contributed by atoms with Crippen LogP contribution in [0.4, 0.5) is 0 Å². The number of aryl methyl sites for hydroxylation is 1. The topological polar surface area (TPSA) is 25.4 Å². The SMILES string of the molecule is Cc1cc2cnccc2cc1OC1CCN(Cc2ccccc2)CC1. The zero-order valence-corrected chi connectivity index (χ0v) is 14.7. The Morgan fingerprint density at radius 1 is 1.04 bits per heavy atom. The molecule has 1 aromatic heterocycles. The Morgan fingerprint density at radius 3 is 2.64 bits per heavy atom. The number of fused-ring (bicyclic) bond motifs is 1. The fraction of sp³-hybridized carbons (Fsp3) is 0.318. The number of hydrogen-bond acceptors (Lipinski definition) is 3. The van der Waals surface area contributed by atoms with E-state index in [1.54, 1.807) is 0 Å². The highest BCUT2D eigenvalue weighted by Crippen LogP contribution is 2.28. The van der Waals surface area contributed by atoms with Crippen molar-refractivity contribution in [2.24, 2.45) is 0 Å². The molecule has 0 amide bonds. The predicted octanol–water partition coefficient (Wildman–Crippen LogP) is 4.59. The first-order valence-electron chi connectivity index (χ1n) is 9.05. The van der Waals surface area contributed by atoms with E-state index in [2.05, 4.69) is 59.3 Å². The normalized spacial score (nSPS) is 16.2. The Labute approximate surface area is 149 Å². The summed E-state index contributed by atoms with van der Waals surface area (Å²) < 4.78 is 6.35. The van der Waals surface area contributed by atoms with Gasteiger partial charge in [-0.05, 0) is 54.5 Å².